The fraction of sp³-hybridized carbons (Fsp3) is 0.517. The van der Waals surface area contributed by atoms with E-state index in [1.54, 1.807) is 0 Å². The van der Waals surface area contributed by atoms with Crippen LogP contribution in [0.3, 0.4) is 0 Å². The van der Waals surface area contributed by atoms with Crippen molar-refractivity contribution in [2.24, 2.45) is 5.92 Å². The third-order valence-electron chi connectivity index (χ3n) is 6.96. The maximum absolute atomic E-state index is 13.6. The molecule has 0 bridgehead atoms. The van der Waals surface area contributed by atoms with E-state index in [4.69, 9.17) is 0 Å². The molecule has 6 nitrogen and oxygen atoms in total. The fourth-order valence-corrected chi connectivity index (χ4v) is 4.86. The molecule has 3 atom stereocenters. The highest BCUT2D eigenvalue weighted by atomic mass is 16.4. The highest BCUT2D eigenvalue weighted by Crippen LogP contribution is 2.23. The van der Waals surface area contributed by atoms with Gasteiger partial charge in [0, 0.05) is 38.1 Å². The van der Waals surface area contributed by atoms with E-state index in [0.717, 1.165) is 31.2 Å². The van der Waals surface area contributed by atoms with Crippen molar-refractivity contribution in [3.05, 3.63) is 71.8 Å². The van der Waals surface area contributed by atoms with Crippen molar-refractivity contribution >= 4 is 12.0 Å². The Bertz CT molecular complexity index is 919. The van der Waals surface area contributed by atoms with Gasteiger partial charge in [-0.25, -0.2) is 4.79 Å². The van der Waals surface area contributed by atoms with Crippen molar-refractivity contribution in [2.45, 2.75) is 71.0 Å². The lowest BCUT2D eigenvalue weighted by molar-refractivity contribution is -0.133. The summed E-state index contributed by atoms with van der Waals surface area (Å²) in [4.78, 5) is 29.2. The van der Waals surface area contributed by atoms with E-state index in [-0.39, 0.29) is 23.9 Å². The number of benzene rings is 2. The highest BCUT2D eigenvalue weighted by Gasteiger charge is 2.33. The molecule has 1 heterocycles. The van der Waals surface area contributed by atoms with E-state index in [0.29, 0.717) is 32.1 Å². The molecule has 2 aromatic carbocycles. The molecule has 3 rings (SSSR count). The van der Waals surface area contributed by atoms with Crippen LogP contribution in [0.25, 0.3) is 0 Å². The molecule has 0 radical (unpaired) electrons. The van der Waals surface area contributed by atoms with Crippen LogP contribution in [0.15, 0.2) is 60.7 Å². The van der Waals surface area contributed by atoms with Crippen LogP contribution in [-0.4, -0.2) is 58.6 Å². The molecule has 1 aliphatic heterocycles. The molecule has 1 fully saturated rings. The van der Waals surface area contributed by atoms with Crippen LogP contribution in [0, 0.1) is 5.92 Å². The first-order chi connectivity index (χ1) is 16.9. The minimum absolute atomic E-state index is 0.0715. The van der Waals surface area contributed by atoms with Crippen molar-refractivity contribution in [2.75, 3.05) is 19.6 Å². The minimum Gasteiger partial charge on any atom is -0.465 e. The Hall–Kier alpha value is -2.86. The Morgan fingerprint density at radius 1 is 1.11 bits per heavy atom. The second kappa shape index (κ2) is 13.3. The first-order valence-electron chi connectivity index (χ1n) is 13.0. The summed E-state index contributed by atoms with van der Waals surface area (Å²) >= 11 is 0. The van der Waals surface area contributed by atoms with Gasteiger partial charge in [0.15, 0.2) is 0 Å². The zero-order chi connectivity index (χ0) is 25.2. The number of hydrogen-bond acceptors (Lipinski definition) is 3. The zero-order valence-electron chi connectivity index (χ0n) is 21.4. The van der Waals surface area contributed by atoms with Crippen LogP contribution in [0.5, 0.6) is 0 Å². The van der Waals surface area contributed by atoms with Crippen molar-refractivity contribution in [3.8, 4) is 0 Å². The third kappa shape index (κ3) is 8.10. The van der Waals surface area contributed by atoms with Crippen LogP contribution in [0.1, 0.15) is 63.5 Å². The standard InChI is InChI=1S/C29H41N3O3/c1-4-24(25-13-9-6-10-14-25)20-31-18-17-26(30-27(28(31)33)16-15-22(2)3)21-32(29(34)35)19-23-11-7-5-8-12-23/h5-14,22,24,26-27,30H,4,15-21H2,1-3H3,(H,34,35)/t24-,26+,27+/m1/s1. The van der Waals surface area contributed by atoms with E-state index in [1.165, 1.54) is 10.5 Å². The quantitative estimate of drug-likeness (QED) is 0.455. The molecule has 1 saturated heterocycles. The third-order valence-corrected chi connectivity index (χ3v) is 6.96. The zero-order valence-corrected chi connectivity index (χ0v) is 21.4. The molecule has 0 aliphatic carbocycles. The Balaban J connectivity index is 1.74. The maximum Gasteiger partial charge on any atom is 0.407 e. The minimum atomic E-state index is -0.933. The SMILES string of the molecule is CC[C@H](CN1CC[C@@H](CN(Cc2ccccc2)C(=O)O)N[C@@H](CCC(C)C)C1=O)c1ccccc1. The van der Waals surface area contributed by atoms with E-state index < -0.39 is 6.09 Å². The molecule has 6 heteroatoms. The summed E-state index contributed by atoms with van der Waals surface area (Å²) in [5.41, 5.74) is 2.22. The van der Waals surface area contributed by atoms with Crippen LogP contribution >= 0.6 is 0 Å². The summed E-state index contributed by atoms with van der Waals surface area (Å²) in [6.07, 6.45) is 2.47. The van der Waals surface area contributed by atoms with E-state index in [9.17, 15) is 14.7 Å². The van der Waals surface area contributed by atoms with Gasteiger partial charge in [0.1, 0.15) is 0 Å². The predicted molar refractivity (Wildman–Crippen MR) is 140 cm³/mol. The number of rotatable bonds is 11. The number of carbonyl (C=O) groups excluding carboxylic acids is 1. The molecular formula is C29H41N3O3. The Labute approximate surface area is 210 Å². The van der Waals surface area contributed by atoms with Gasteiger partial charge in [-0.15, -0.1) is 0 Å². The van der Waals surface area contributed by atoms with Gasteiger partial charge in [-0.2, -0.15) is 0 Å². The second-order valence-corrected chi connectivity index (χ2v) is 10.1. The van der Waals surface area contributed by atoms with Crippen LogP contribution < -0.4 is 5.32 Å². The van der Waals surface area contributed by atoms with Crippen LogP contribution in [0.4, 0.5) is 4.79 Å². The Morgan fingerprint density at radius 2 is 1.77 bits per heavy atom. The largest absolute Gasteiger partial charge is 0.465 e. The maximum atomic E-state index is 13.6. The lowest BCUT2D eigenvalue weighted by Crippen LogP contribution is -2.49. The number of carboxylic acid groups (broad SMARTS) is 1. The van der Waals surface area contributed by atoms with Crippen molar-refractivity contribution in [1.29, 1.82) is 0 Å². The first kappa shape index (κ1) is 26.7. The van der Waals surface area contributed by atoms with Gasteiger partial charge in [-0.3, -0.25) is 4.79 Å². The van der Waals surface area contributed by atoms with E-state index in [2.05, 4.69) is 50.4 Å². The van der Waals surface area contributed by atoms with Gasteiger partial charge in [-0.05, 0) is 42.7 Å². The summed E-state index contributed by atoms with van der Waals surface area (Å²) in [6.45, 7) is 8.55. The fourth-order valence-electron chi connectivity index (χ4n) is 4.86. The number of nitrogens with zero attached hydrogens (tertiary/aromatic N) is 2. The highest BCUT2D eigenvalue weighted by molar-refractivity contribution is 5.82. The molecule has 35 heavy (non-hydrogen) atoms. The first-order valence-corrected chi connectivity index (χ1v) is 13.0. The van der Waals surface area contributed by atoms with E-state index in [1.807, 2.05) is 41.3 Å². The topological polar surface area (TPSA) is 72.9 Å². The van der Waals surface area contributed by atoms with E-state index >= 15 is 0 Å². The summed E-state index contributed by atoms with van der Waals surface area (Å²) in [5.74, 6) is 0.935. The molecule has 0 unspecified atom stereocenters. The molecule has 2 aromatic rings. The summed E-state index contributed by atoms with van der Waals surface area (Å²) in [6, 6.07) is 19.7. The predicted octanol–water partition coefficient (Wildman–Crippen LogP) is 5.36. The van der Waals surface area contributed by atoms with Crippen molar-refractivity contribution < 1.29 is 14.7 Å². The van der Waals surface area contributed by atoms with Gasteiger partial charge in [0.25, 0.3) is 0 Å². The van der Waals surface area contributed by atoms with Gasteiger partial charge in [-0.1, -0.05) is 81.4 Å². The Morgan fingerprint density at radius 3 is 2.37 bits per heavy atom. The van der Waals surface area contributed by atoms with Gasteiger partial charge >= 0.3 is 6.09 Å². The summed E-state index contributed by atoms with van der Waals surface area (Å²) < 4.78 is 0. The lowest BCUT2D eigenvalue weighted by Gasteiger charge is -2.29. The molecule has 0 spiro atoms. The molecule has 2 N–H and O–H groups in total. The van der Waals surface area contributed by atoms with Crippen LogP contribution in [0.2, 0.25) is 0 Å². The summed E-state index contributed by atoms with van der Waals surface area (Å²) in [7, 11) is 0. The second-order valence-electron chi connectivity index (χ2n) is 10.1. The number of nitrogens with one attached hydrogen (secondary N) is 1. The van der Waals surface area contributed by atoms with Gasteiger partial charge in [0.2, 0.25) is 5.91 Å². The molecule has 1 aliphatic rings. The lowest BCUT2D eigenvalue weighted by atomic mass is 9.95. The summed E-state index contributed by atoms with van der Waals surface area (Å²) in [5, 5.41) is 13.4. The molecule has 0 saturated carbocycles. The Kier molecular flexibility index (Phi) is 10.2. The molecule has 0 aromatic heterocycles. The average Bonchev–Trinajstić information content (AvgIpc) is 3.00. The molecular weight excluding hydrogens is 438 g/mol. The van der Waals surface area contributed by atoms with Crippen LogP contribution in [-0.2, 0) is 11.3 Å². The number of hydrogen-bond donors (Lipinski definition) is 2. The number of carbonyl (C=O) groups is 2. The molecule has 2 amide bonds. The monoisotopic (exact) mass is 479 g/mol. The van der Waals surface area contributed by atoms with Gasteiger partial charge in [0.05, 0.1) is 6.04 Å². The van der Waals surface area contributed by atoms with Crippen molar-refractivity contribution in [1.82, 2.24) is 15.1 Å². The molecule has 190 valence electrons. The van der Waals surface area contributed by atoms with Crippen molar-refractivity contribution in [3.63, 3.8) is 0 Å². The normalized spacial score (nSPS) is 19.4. The average molecular weight is 480 g/mol. The smallest absolute Gasteiger partial charge is 0.407 e. The van der Waals surface area contributed by atoms with Gasteiger partial charge < -0.3 is 20.2 Å². The number of amides is 2.